The first kappa shape index (κ1) is 19.4. The van der Waals surface area contributed by atoms with Gasteiger partial charge in [-0.15, -0.1) is 0 Å². The monoisotopic (exact) mass is 405 g/mol. The molecular formula is C19H16BN5O5. The van der Waals surface area contributed by atoms with Gasteiger partial charge in [-0.2, -0.15) is 0 Å². The van der Waals surface area contributed by atoms with Crippen molar-refractivity contribution in [2.24, 2.45) is 0 Å². The fourth-order valence-electron chi connectivity index (χ4n) is 3.00. The van der Waals surface area contributed by atoms with Crippen LogP contribution in [0.1, 0.15) is 5.56 Å². The lowest BCUT2D eigenvalue weighted by atomic mass is 9.79. The van der Waals surface area contributed by atoms with Crippen LogP contribution in [0, 0.1) is 10.1 Å². The number of hydrogen-bond acceptors (Lipinski definition) is 9. The zero-order valence-electron chi connectivity index (χ0n) is 15.5. The zero-order chi connectivity index (χ0) is 21.1. The molecule has 1 aromatic heterocycles. The molecule has 150 valence electrons. The number of fused-ring (bicyclic) bond motifs is 1. The molecule has 3 aromatic carbocycles. The van der Waals surface area contributed by atoms with Gasteiger partial charge in [-0.05, 0) is 51.7 Å². The predicted molar refractivity (Wildman–Crippen MR) is 112 cm³/mol. The Bertz CT molecular complexity index is 1200. The zero-order valence-corrected chi connectivity index (χ0v) is 15.5. The highest BCUT2D eigenvalue weighted by Crippen LogP contribution is 2.30. The SMILES string of the molecule is O=[N+]([O-])c1ccc(Nc2ccc(NCc3cccc(B(O)O)c3)cc2)c2nonc12. The minimum atomic E-state index is -1.50. The smallest absolute Gasteiger partial charge is 0.423 e. The van der Waals surface area contributed by atoms with Crippen molar-refractivity contribution in [1.82, 2.24) is 10.3 Å². The molecule has 10 nitrogen and oxygen atoms in total. The van der Waals surface area contributed by atoms with Gasteiger partial charge in [0, 0.05) is 24.0 Å². The standard InChI is InChI=1S/C19H16BN5O5/c26-20(27)13-3-1-2-12(10-13)11-21-14-4-6-15(7-5-14)22-16-8-9-17(25(28)29)19-18(16)23-30-24-19/h1-10,21-22,26-27H,11H2. The summed E-state index contributed by atoms with van der Waals surface area (Å²) in [6.07, 6.45) is 0. The Morgan fingerprint density at radius 2 is 1.73 bits per heavy atom. The van der Waals surface area contributed by atoms with E-state index in [-0.39, 0.29) is 16.7 Å². The van der Waals surface area contributed by atoms with E-state index < -0.39 is 12.0 Å². The van der Waals surface area contributed by atoms with E-state index in [1.165, 1.54) is 6.07 Å². The maximum absolute atomic E-state index is 11.1. The van der Waals surface area contributed by atoms with Crippen LogP contribution < -0.4 is 16.1 Å². The molecule has 0 bridgehead atoms. The first-order valence-corrected chi connectivity index (χ1v) is 8.97. The molecule has 0 atom stereocenters. The van der Waals surface area contributed by atoms with Crippen molar-refractivity contribution >= 4 is 46.4 Å². The second kappa shape index (κ2) is 8.19. The molecule has 0 fully saturated rings. The molecule has 0 spiro atoms. The third kappa shape index (κ3) is 4.07. The predicted octanol–water partition coefficient (Wildman–Crippen LogP) is 2.17. The van der Waals surface area contributed by atoms with E-state index >= 15 is 0 Å². The summed E-state index contributed by atoms with van der Waals surface area (Å²) in [5.41, 5.74) is 3.69. The van der Waals surface area contributed by atoms with Crippen molar-refractivity contribution in [3.05, 3.63) is 76.3 Å². The van der Waals surface area contributed by atoms with Crippen molar-refractivity contribution < 1.29 is 19.6 Å². The average molecular weight is 405 g/mol. The van der Waals surface area contributed by atoms with Crippen molar-refractivity contribution in [2.45, 2.75) is 6.54 Å². The van der Waals surface area contributed by atoms with Crippen LogP contribution in [0.2, 0.25) is 0 Å². The molecule has 0 saturated heterocycles. The molecule has 30 heavy (non-hydrogen) atoms. The molecule has 0 saturated carbocycles. The van der Waals surface area contributed by atoms with Crippen LogP contribution in [0.15, 0.2) is 65.3 Å². The number of anilines is 3. The van der Waals surface area contributed by atoms with Gasteiger partial charge in [-0.3, -0.25) is 10.1 Å². The highest BCUT2D eigenvalue weighted by atomic mass is 16.6. The van der Waals surface area contributed by atoms with Gasteiger partial charge < -0.3 is 20.7 Å². The highest BCUT2D eigenvalue weighted by molar-refractivity contribution is 6.58. The number of hydrogen-bond donors (Lipinski definition) is 4. The van der Waals surface area contributed by atoms with Crippen LogP contribution >= 0.6 is 0 Å². The highest BCUT2D eigenvalue weighted by Gasteiger charge is 2.19. The normalized spacial score (nSPS) is 10.7. The van der Waals surface area contributed by atoms with E-state index in [4.69, 9.17) is 0 Å². The van der Waals surface area contributed by atoms with Crippen LogP contribution in [-0.2, 0) is 6.54 Å². The maximum Gasteiger partial charge on any atom is 0.488 e. The second-order valence-electron chi connectivity index (χ2n) is 6.53. The summed E-state index contributed by atoms with van der Waals surface area (Å²) in [7, 11) is -1.50. The fraction of sp³-hybridized carbons (Fsp3) is 0.0526. The van der Waals surface area contributed by atoms with Gasteiger partial charge in [0.1, 0.15) is 0 Å². The number of benzene rings is 3. The summed E-state index contributed by atoms with van der Waals surface area (Å²) >= 11 is 0. The van der Waals surface area contributed by atoms with E-state index in [2.05, 4.69) is 25.6 Å². The van der Waals surface area contributed by atoms with Crippen LogP contribution in [-0.4, -0.2) is 32.4 Å². The van der Waals surface area contributed by atoms with Crippen molar-refractivity contribution in [2.75, 3.05) is 10.6 Å². The average Bonchev–Trinajstić information content (AvgIpc) is 3.24. The van der Waals surface area contributed by atoms with Gasteiger partial charge in [-0.1, -0.05) is 24.3 Å². The third-order valence-electron chi connectivity index (χ3n) is 4.50. The first-order valence-electron chi connectivity index (χ1n) is 8.97. The molecule has 0 aliphatic rings. The van der Waals surface area contributed by atoms with Crippen LogP contribution in [0.4, 0.5) is 22.7 Å². The molecule has 1 heterocycles. The summed E-state index contributed by atoms with van der Waals surface area (Å²) < 4.78 is 4.66. The number of aromatic nitrogens is 2. The lowest BCUT2D eigenvalue weighted by Crippen LogP contribution is -2.30. The van der Waals surface area contributed by atoms with Crippen molar-refractivity contribution in [1.29, 1.82) is 0 Å². The van der Waals surface area contributed by atoms with E-state index in [1.54, 1.807) is 24.3 Å². The largest absolute Gasteiger partial charge is 0.488 e. The van der Waals surface area contributed by atoms with Crippen molar-refractivity contribution in [3.8, 4) is 0 Å². The van der Waals surface area contributed by atoms with Gasteiger partial charge in [0.2, 0.25) is 5.52 Å². The summed E-state index contributed by atoms with van der Waals surface area (Å²) in [5, 5.41) is 43.4. The number of nitrogens with zero attached hydrogens (tertiary/aromatic N) is 3. The molecular weight excluding hydrogens is 389 g/mol. The Balaban J connectivity index is 1.45. The maximum atomic E-state index is 11.1. The molecule has 0 aliphatic heterocycles. The fourth-order valence-corrected chi connectivity index (χ4v) is 3.00. The minimum absolute atomic E-state index is 0.0820. The lowest BCUT2D eigenvalue weighted by Gasteiger charge is -2.10. The summed E-state index contributed by atoms with van der Waals surface area (Å²) in [5.74, 6) is 0. The molecule has 11 heteroatoms. The van der Waals surface area contributed by atoms with Crippen LogP contribution in [0.25, 0.3) is 11.0 Å². The Morgan fingerprint density at radius 3 is 2.47 bits per heavy atom. The summed E-state index contributed by atoms with van der Waals surface area (Å²) in [4.78, 5) is 10.5. The number of nitro benzene ring substituents is 1. The molecule has 4 aromatic rings. The first-order chi connectivity index (χ1) is 14.5. The Kier molecular flexibility index (Phi) is 5.29. The number of rotatable bonds is 7. The number of nitrogens with one attached hydrogen (secondary N) is 2. The summed E-state index contributed by atoms with van der Waals surface area (Å²) in [6.45, 7) is 0.515. The van der Waals surface area contributed by atoms with E-state index in [9.17, 15) is 20.2 Å². The van der Waals surface area contributed by atoms with Gasteiger partial charge >= 0.3 is 12.8 Å². The Hall–Kier alpha value is -3.96. The second-order valence-corrected chi connectivity index (χ2v) is 6.53. The van der Waals surface area contributed by atoms with Gasteiger partial charge in [0.15, 0.2) is 5.52 Å². The molecule has 0 radical (unpaired) electrons. The molecule has 0 aliphatic carbocycles. The number of non-ortho nitro benzene ring substituents is 1. The molecule has 0 unspecified atom stereocenters. The van der Waals surface area contributed by atoms with Gasteiger partial charge in [0.25, 0.3) is 0 Å². The van der Waals surface area contributed by atoms with Gasteiger partial charge in [-0.25, -0.2) is 4.63 Å². The topological polar surface area (TPSA) is 147 Å². The Morgan fingerprint density at radius 1 is 1.00 bits per heavy atom. The molecule has 4 rings (SSSR count). The quantitative estimate of drug-likeness (QED) is 0.206. The van der Waals surface area contributed by atoms with Gasteiger partial charge in [0.05, 0.1) is 10.6 Å². The van der Waals surface area contributed by atoms with E-state index in [0.717, 1.165) is 16.9 Å². The minimum Gasteiger partial charge on any atom is -0.423 e. The van der Waals surface area contributed by atoms with Crippen molar-refractivity contribution in [3.63, 3.8) is 0 Å². The lowest BCUT2D eigenvalue weighted by molar-refractivity contribution is -0.383. The Labute approximate surface area is 170 Å². The third-order valence-corrected chi connectivity index (χ3v) is 4.50. The molecule has 0 amide bonds. The number of nitro groups is 1. The van der Waals surface area contributed by atoms with Crippen LogP contribution in [0.3, 0.4) is 0 Å². The van der Waals surface area contributed by atoms with E-state index in [1.807, 2.05) is 30.3 Å². The molecule has 4 N–H and O–H groups in total. The summed E-state index contributed by atoms with van der Waals surface area (Å²) in [6, 6.07) is 17.4. The van der Waals surface area contributed by atoms with E-state index in [0.29, 0.717) is 17.7 Å². The van der Waals surface area contributed by atoms with Crippen LogP contribution in [0.5, 0.6) is 0 Å².